The van der Waals surface area contributed by atoms with Crippen molar-refractivity contribution in [2.24, 2.45) is 7.05 Å². The summed E-state index contributed by atoms with van der Waals surface area (Å²) >= 11 is 0. The predicted octanol–water partition coefficient (Wildman–Crippen LogP) is 3.16. The number of aryl methyl sites for hydroxylation is 1. The zero-order valence-electron chi connectivity index (χ0n) is 20.0. The Morgan fingerprint density at radius 3 is 2.42 bits per heavy atom. The van der Waals surface area contributed by atoms with Crippen LogP contribution in [0.5, 0.6) is 0 Å². The number of sulfonamides is 1. The first kappa shape index (κ1) is 25.4. The summed E-state index contributed by atoms with van der Waals surface area (Å²) in [6, 6.07) is 12.8. The Labute approximate surface area is 213 Å². The minimum absolute atomic E-state index is 0.00941. The molecule has 0 radical (unpaired) electrons. The highest BCUT2D eigenvalue weighted by atomic mass is 32.2. The van der Waals surface area contributed by atoms with Gasteiger partial charge in [-0.25, -0.2) is 32.9 Å². The van der Waals surface area contributed by atoms with E-state index in [0.29, 0.717) is 16.6 Å². The molecular formula is C24H20F3N7O3S. The number of fused-ring (bicyclic) bond motifs is 1. The van der Waals surface area contributed by atoms with Gasteiger partial charge in [0.15, 0.2) is 17.2 Å². The van der Waals surface area contributed by atoms with Crippen LogP contribution in [0, 0.1) is 0 Å². The van der Waals surface area contributed by atoms with Gasteiger partial charge in [0.1, 0.15) is 11.3 Å². The number of benzene rings is 2. The molecule has 14 heteroatoms. The Kier molecular flexibility index (Phi) is 6.15. The minimum Gasteiger partial charge on any atom is -0.333 e. The van der Waals surface area contributed by atoms with Crippen molar-refractivity contribution in [3.05, 3.63) is 82.7 Å². The van der Waals surface area contributed by atoms with Gasteiger partial charge in [-0.1, -0.05) is 36.4 Å². The standard InChI is InChI=1S/C24H20F3N7O3S/c1-28-38(36,37)18-6-4-3-5-16(18)20-29-11-17-22(32-20)34(23(35)30-17)12-14-7-9-15(10-8-14)21-31-19(13-33(21)2)24(25,26)27/h3-11,13,28H,12H2,1-2H3,(H,30,35). The highest BCUT2D eigenvalue weighted by molar-refractivity contribution is 7.89. The lowest BCUT2D eigenvalue weighted by atomic mass is 10.1. The van der Waals surface area contributed by atoms with E-state index in [1.165, 1.54) is 35.5 Å². The highest BCUT2D eigenvalue weighted by Crippen LogP contribution is 2.31. The molecule has 38 heavy (non-hydrogen) atoms. The van der Waals surface area contributed by atoms with Crippen molar-refractivity contribution in [1.29, 1.82) is 0 Å². The second-order valence-electron chi connectivity index (χ2n) is 8.41. The highest BCUT2D eigenvalue weighted by Gasteiger charge is 2.34. The Hall–Kier alpha value is -4.30. The van der Waals surface area contributed by atoms with E-state index >= 15 is 0 Å². The van der Waals surface area contributed by atoms with Crippen molar-refractivity contribution in [3.63, 3.8) is 0 Å². The minimum atomic E-state index is -4.55. The van der Waals surface area contributed by atoms with Crippen molar-refractivity contribution < 1.29 is 21.6 Å². The molecule has 0 amide bonds. The predicted molar refractivity (Wildman–Crippen MR) is 133 cm³/mol. The molecule has 2 aromatic carbocycles. The molecule has 3 aromatic heterocycles. The number of H-pyrrole nitrogens is 1. The summed E-state index contributed by atoms with van der Waals surface area (Å²) in [5.74, 6) is 0.269. The molecule has 0 unspecified atom stereocenters. The molecule has 0 aliphatic carbocycles. The Balaban J connectivity index is 1.50. The topological polar surface area (TPSA) is 128 Å². The molecule has 0 saturated heterocycles. The molecule has 5 rings (SSSR count). The first-order valence-electron chi connectivity index (χ1n) is 11.2. The zero-order valence-corrected chi connectivity index (χ0v) is 20.8. The van der Waals surface area contributed by atoms with E-state index in [4.69, 9.17) is 0 Å². The number of nitrogens with one attached hydrogen (secondary N) is 2. The van der Waals surface area contributed by atoms with Crippen molar-refractivity contribution in [3.8, 4) is 22.8 Å². The number of halogens is 3. The van der Waals surface area contributed by atoms with Crippen molar-refractivity contribution in [2.45, 2.75) is 17.6 Å². The first-order valence-corrected chi connectivity index (χ1v) is 12.6. The van der Waals surface area contributed by atoms with Crippen molar-refractivity contribution in [1.82, 2.24) is 33.8 Å². The molecule has 196 valence electrons. The van der Waals surface area contributed by atoms with Gasteiger partial charge < -0.3 is 9.55 Å². The maximum atomic E-state index is 13.0. The summed E-state index contributed by atoms with van der Waals surface area (Å²) in [5.41, 5.74) is 0.609. The number of aromatic amines is 1. The SMILES string of the molecule is CNS(=O)(=O)c1ccccc1-c1ncc2[nH]c(=O)n(Cc3ccc(-c4nc(C(F)(F)F)cn4C)cc3)c2n1. The number of hydrogen-bond donors (Lipinski definition) is 2. The molecule has 0 atom stereocenters. The largest absolute Gasteiger partial charge is 0.434 e. The van der Waals surface area contributed by atoms with Gasteiger partial charge in [0.25, 0.3) is 0 Å². The normalized spacial score (nSPS) is 12.3. The third kappa shape index (κ3) is 4.59. The van der Waals surface area contributed by atoms with Gasteiger partial charge in [-0.2, -0.15) is 13.2 Å². The van der Waals surface area contributed by atoms with E-state index in [9.17, 15) is 26.4 Å². The second kappa shape index (κ2) is 9.22. The van der Waals surface area contributed by atoms with Crippen LogP contribution in [0.15, 0.2) is 70.6 Å². The zero-order chi connectivity index (χ0) is 27.2. The molecule has 0 saturated carbocycles. The first-order chi connectivity index (χ1) is 18.0. The molecule has 0 bridgehead atoms. The number of nitrogens with zero attached hydrogens (tertiary/aromatic N) is 5. The molecule has 0 aliphatic heterocycles. The van der Waals surface area contributed by atoms with Gasteiger partial charge in [0, 0.05) is 24.4 Å². The van der Waals surface area contributed by atoms with Gasteiger partial charge >= 0.3 is 11.9 Å². The fourth-order valence-electron chi connectivity index (χ4n) is 4.03. The van der Waals surface area contributed by atoms with Crippen LogP contribution in [-0.4, -0.2) is 44.5 Å². The number of hydrogen-bond acceptors (Lipinski definition) is 6. The van der Waals surface area contributed by atoms with Gasteiger partial charge in [0.05, 0.1) is 17.6 Å². The molecule has 10 nitrogen and oxygen atoms in total. The monoisotopic (exact) mass is 543 g/mol. The third-order valence-electron chi connectivity index (χ3n) is 5.92. The summed E-state index contributed by atoms with van der Waals surface area (Å²) < 4.78 is 69.0. The summed E-state index contributed by atoms with van der Waals surface area (Å²) in [4.78, 5) is 27.8. The quantitative estimate of drug-likeness (QED) is 0.339. The van der Waals surface area contributed by atoms with Crippen LogP contribution in [0.4, 0.5) is 13.2 Å². The van der Waals surface area contributed by atoms with Gasteiger partial charge in [-0.3, -0.25) is 4.57 Å². The van der Waals surface area contributed by atoms with Crippen LogP contribution in [0.2, 0.25) is 0 Å². The van der Waals surface area contributed by atoms with Crippen LogP contribution >= 0.6 is 0 Å². The fraction of sp³-hybridized carbons (Fsp3) is 0.167. The number of alkyl halides is 3. The number of rotatable bonds is 6. The maximum Gasteiger partial charge on any atom is 0.434 e. The lowest BCUT2D eigenvalue weighted by molar-refractivity contribution is -0.140. The Morgan fingerprint density at radius 2 is 1.76 bits per heavy atom. The summed E-state index contributed by atoms with van der Waals surface area (Å²) in [6.07, 6.45) is -2.22. The molecule has 5 aromatic rings. The summed E-state index contributed by atoms with van der Waals surface area (Å²) in [7, 11) is -1.02. The van der Waals surface area contributed by atoms with Gasteiger partial charge in [0.2, 0.25) is 10.0 Å². The maximum absolute atomic E-state index is 13.0. The van der Waals surface area contributed by atoms with Crippen molar-refractivity contribution in [2.75, 3.05) is 7.05 Å². The van der Waals surface area contributed by atoms with E-state index in [0.717, 1.165) is 6.20 Å². The van der Waals surface area contributed by atoms with Gasteiger partial charge in [-0.05, 0) is 24.7 Å². The van der Waals surface area contributed by atoms with Crippen molar-refractivity contribution >= 4 is 21.2 Å². The third-order valence-corrected chi connectivity index (χ3v) is 7.39. The van der Waals surface area contributed by atoms with Crippen LogP contribution in [-0.2, 0) is 29.8 Å². The van der Waals surface area contributed by atoms with Crippen LogP contribution in [0.1, 0.15) is 11.3 Å². The van der Waals surface area contributed by atoms with E-state index < -0.39 is 27.6 Å². The Bertz CT molecular complexity index is 1820. The fourth-order valence-corrected chi connectivity index (χ4v) is 4.96. The lowest BCUT2D eigenvalue weighted by Crippen LogP contribution is -2.19. The van der Waals surface area contributed by atoms with Gasteiger partial charge in [-0.15, -0.1) is 0 Å². The Morgan fingerprint density at radius 1 is 1.05 bits per heavy atom. The molecule has 3 heterocycles. The smallest absolute Gasteiger partial charge is 0.333 e. The summed E-state index contributed by atoms with van der Waals surface area (Å²) in [6.45, 7) is 0.0976. The van der Waals surface area contributed by atoms with Crippen LogP contribution < -0.4 is 10.4 Å². The molecule has 0 aliphatic rings. The molecular weight excluding hydrogens is 523 g/mol. The summed E-state index contributed by atoms with van der Waals surface area (Å²) in [5, 5.41) is 0. The van der Waals surface area contributed by atoms with Crippen LogP contribution in [0.25, 0.3) is 33.9 Å². The van der Waals surface area contributed by atoms with E-state index in [1.54, 1.807) is 42.5 Å². The van der Waals surface area contributed by atoms with E-state index in [2.05, 4.69) is 24.7 Å². The molecule has 0 spiro atoms. The van der Waals surface area contributed by atoms with E-state index in [-0.39, 0.29) is 34.3 Å². The number of aromatic nitrogens is 6. The van der Waals surface area contributed by atoms with E-state index in [1.807, 2.05) is 0 Å². The van der Waals surface area contributed by atoms with Crippen LogP contribution in [0.3, 0.4) is 0 Å². The second-order valence-corrected chi connectivity index (χ2v) is 10.3. The molecule has 2 N–H and O–H groups in total. The average Bonchev–Trinajstić information content (AvgIpc) is 3.44. The lowest BCUT2D eigenvalue weighted by Gasteiger charge is -2.09. The molecule has 0 fully saturated rings. The number of imidazole rings is 2. The average molecular weight is 544 g/mol.